The number of anilines is 1. The number of amides is 1. The quantitative estimate of drug-likeness (QED) is 0.760. The molecule has 1 amide bonds. The highest BCUT2D eigenvalue weighted by atomic mass is 35.5. The van der Waals surface area contributed by atoms with Gasteiger partial charge in [0, 0.05) is 26.0 Å². The van der Waals surface area contributed by atoms with Gasteiger partial charge >= 0.3 is 0 Å². The molecule has 0 aromatic carbocycles. The number of hydrogen-bond donors (Lipinski definition) is 1. The Hall–Kier alpha value is -1.29. The number of nitrogens with one attached hydrogen (secondary N) is 1. The average Bonchev–Trinajstić information content (AvgIpc) is 2.17. The molecular formula is C9H12ClN3O. The summed E-state index contributed by atoms with van der Waals surface area (Å²) < 4.78 is 0. The summed E-state index contributed by atoms with van der Waals surface area (Å²) >= 11 is 5.72. The van der Waals surface area contributed by atoms with E-state index in [0.717, 1.165) is 5.69 Å². The second-order valence-electron chi connectivity index (χ2n) is 2.87. The van der Waals surface area contributed by atoms with E-state index < -0.39 is 0 Å². The Bertz CT molecular complexity index is 330. The van der Waals surface area contributed by atoms with Crippen molar-refractivity contribution in [1.82, 2.24) is 10.3 Å². The van der Waals surface area contributed by atoms with Crippen molar-refractivity contribution in [2.45, 2.75) is 0 Å². The van der Waals surface area contributed by atoms with Crippen LogP contribution in [0.4, 0.5) is 5.69 Å². The lowest BCUT2D eigenvalue weighted by atomic mass is 10.3. The van der Waals surface area contributed by atoms with Crippen LogP contribution in [0.5, 0.6) is 0 Å². The third kappa shape index (κ3) is 2.88. The molecule has 0 saturated carbocycles. The SMILES string of the molecule is CNC(=O)CN(C)c1ccnc(Cl)c1. The Morgan fingerprint density at radius 3 is 3.00 bits per heavy atom. The maximum absolute atomic E-state index is 11.1. The predicted molar refractivity (Wildman–Crippen MR) is 56.6 cm³/mol. The highest BCUT2D eigenvalue weighted by Gasteiger charge is 2.05. The minimum atomic E-state index is -0.0413. The number of carbonyl (C=O) groups excluding carboxylic acids is 1. The summed E-state index contributed by atoms with van der Waals surface area (Å²) in [5.41, 5.74) is 0.869. The Balaban J connectivity index is 2.69. The maximum Gasteiger partial charge on any atom is 0.239 e. The van der Waals surface area contributed by atoms with E-state index in [9.17, 15) is 4.79 Å². The van der Waals surface area contributed by atoms with E-state index in [-0.39, 0.29) is 5.91 Å². The molecular weight excluding hydrogens is 202 g/mol. The number of hydrogen-bond acceptors (Lipinski definition) is 3. The largest absolute Gasteiger partial charge is 0.365 e. The van der Waals surface area contributed by atoms with E-state index in [0.29, 0.717) is 11.7 Å². The number of rotatable bonds is 3. The summed E-state index contributed by atoms with van der Waals surface area (Å²) in [6, 6.07) is 3.51. The Labute approximate surface area is 87.9 Å². The summed E-state index contributed by atoms with van der Waals surface area (Å²) in [5, 5.41) is 2.97. The monoisotopic (exact) mass is 213 g/mol. The van der Waals surface area contributed by atoms with Crippen molar-refractivity contribution < 1.29 is 4.79 Å². The molecule has 1 rings (SSSR count). The first-order chi connectivity index (χ1) is 6.63. The van der Waals surface area contributed by atoms with Crippen LogP contribution in [0.1, 0.15) is 0 Å². The average molecular weight is 214 g/mol. The fourth-order valence-corrected chi connectivity index (χ4v) is 1.18. The predicted octanol–water partition coefficient (Wildman–Crippen LogP) is 0.917. The minimum Gasteiger partial charge on any atom is -0.365 e. The van der Waals surface area contributed by atoms with E-state index in [1.54, 1.807) is 30.3 Å². The zero-order valence-corrected chi connectivity index (χ0v) is 8.88. The third-order valence-electron chi connectivity index (χ3n) is 1.81. The van der Waals surface area contributed by atoms with Gasteiger partial charge in [-0.15, -0.1) is 0 Å². The first-order valence-electron chi connectivity index (χ1n) is 4.16. The van der Waals surface area contributed by atoms with Gasteiger partial charge in [0.1, 0.15) is 5.15 Å². The molecule has 76 valence electrons. The molecule has 4 nitrogen and oxygen atoms in total. The van der Waals surface area contributed by atoms with Crippen molar-refractivity contribution in [3.63, 3.8) is 0 Å². The second-order valence-corrected chi connectivity index (χ2v) is 3.25. The van der Waals surface area contributed by atoms with Crippen LogP contribution in [0.25, 0.3) is 0 Å². The van der Waals surface area contributed by atoms with Crippen LogP contribution in [0.3, 0.4) is 0 Å². The fourth-order valence-electron chi connectivity index (χ4n) is 1.02. The zero-order chi connectivity index (χ0) is 10.6. The normalized spacial score (nSPS) is 9.64. The molecule has 0 aliphatic rings. The van der Waals surface area contributed by atoms with Crippen molar-refractivity contribution in [1.29, 1.82) is 0 Å². The molecule has 1 aromatic rings. The van der Waals surface area contributed by atoms with Crippen LogP contribution in [-0.4, -0.2) is 31.5 Å². The van der Waals surface area contributed by atoms with E-state index in [2.05, 4.69) is 10.3 Å². The van der Waals surface area contributed by atoms with Crippen molar-refractivity contribution in [2.24, 2.45) is 0 Å². The van der Waals surface area contributed by atoms with E-state index in [1.807, 2.05) is 7.05 Å². The van der Waals surface area contributed by atoms with Crippen LogP contribution in [0.2, 0.25) is 5.15 Å². The van der Waals surface area contributed by atoms with E-state index in [1.165, 1.54) is 0 Å². The zero-order valence-electron chi connectivity index (χ0n) is 8.12. The Morgan fingerprint density at radius 2 is 2.43 bits per heavy atom. The van der Waals surface area contributed by atoms with E-state index >= 15 is 0 Å². The molecule has 0 atom stereocenters. The van der Waals surface area contributed by atoms with Crippen LogP contribution in [0, 0.1) is 0 Å². The van der Waals surface area contributed by atoms with Crippen molar-refractivity contribution in [3.05, 3.63) is 23.5 Å². The smallest absolute Gasteiger partial charge is 0.239 e. The number of nitrogens with zero attached hydrogens (tertiary/aromatic N) is 2. The summed E-state index contributed by atoms with van der Waals surface area (Å²) in [5.74, 6) is -0.0413. The molecule has 0 aliphatic heterocycles. The lowest BCUT2D eigenvalue weighted by Crippen LogP contribution is -2.32. The first kappa shape index (κ1) is 10.8. The molecule has 1 heterocycles. The highest BCUT2D eigenvalue weighted by molar-refractivity contribution is 6.29. The fraction of sp³-hybridized carbons (Fsp3) is 0.333. The summed E-state index contributed by atoms with van der Waals surface area (Å²) in [7, 11) is 3.43. The Morgan fingerprint density at radius 1 is 1.71 bits per heavy atom. The van der Waals surface area contributed by atoms with Gasteiger partial charge in [0.2, 0.25) is 5.91 Å². The maximum atomic E-state index is 11.1. The van der Waals surface area contributed by atoms with Gasteiger partial charge in [-0.2, -0.15) is 0 Å². The lowest BCUT2D eigenvalue weighted by molar-refractivity contribution is -0.119. The van der Waals surface area contributed by atoms with Gasteiger partial charge in [0.05, 0.1) is 6.54 Å². The number of pyridine rings is 1. The molecule has 0 radical (unpaired) electrons. The van der Waals surface area contributed by atoms with Gasteiger partial charge in [0.15, 0.2) is 0 Å². The van der Waals surface area contributed by atoms with Crippen LogP contribution >= 0.6 is 11.6 Å². The van der Waals surface area contributed by atoms with Crippen LogP contribution in [-0.2, 0) is 4.79 Å². The summed E-state index contributed by atoms with van der Waals surface area (Å²) in [6.45, 7) is 0.302. The molecule has 14 heavy (non-hydrogen) atoms. The van der Waals surface area contributed by atoms with Gasteiger partial charge in [-0.3, -0.25) is 4.79 Å². The molecule has 5 heteroatoms. The number of carbonyl (C=O) groups is 1. The molecule has 0 saturated heterocycles. The van der Waals surface area contributed by atoms with Crippen LogP contribution in [0.15, 0.2) is 18.3 Å². The van der Waals surface area contributed by atoms with Crippen molar-refractivity contribution in [3.8, 4) is 0 Å². The third-order valence-corrected chi connectivity index (χ3v) is 2.02. The molecule has 1 aromatic heterocycles. The molecule has 0 spiro atoms. The van der Waals surface area contributed by atoms with Crippen molar-refractivity contribution >= 4 is 23.2 Å². The van der Waals surface area contributed by atoms with Gasteiger partial charge in [0.25, 0.3) is 0 Å². The topological polar surface area (TPSA) is 45.2 Å². The summed E-state index contributed by atoms with van der Waals surface area (Å²) in [4.78, 5) is 16.7. The first-order valence-corrected chi connectivity index (χ1v) is 4.54. The van der Waals surface area contributed by atoms with Crippen LogP contribution < -0.4 is 10.2 Å². The van der Waals surface area contributed by atoms with Gasteiger partial charge < -0.3 is 10.2 Å². The Kier molecular flexibility index (Phi) is 3.71. The van der Waals surface area contributed by atoms with Gasteiger partial charge in [-0.1, -0.05) is 11.6 Å². The second kappa shape index (κ2) is 4.81. The van der Waals surface area contributed by atoms with E-state index in [4.69, 9.17) is 11.6 Å². The standard InChI is InChI=1S/C9H12ClN3O/c1-11-9(14)6-13(2)7-3-4-12-8(10)5-7/h3-5H,6H2,1-2H3,(H,11,14). The van der Waals surface area contributed by atoms with Crippen molar-refractivity contribution in [2.75, 3.05) is 25.5 Å². The number of likely N-dealkylation sites (N-methyl/N-ethyl adjacent to an activating group) is 2. The molecule has 0 aliphatic carbocycles. The number of aromatic nitrogens is 1. The minimum absolute atomic E-state index is 0.0413. The number of halogens is 1. The highest BCUT2D eigenvalue weighted by Crippen LogP contribution is 2.15. The molecule has 1 N–H and O–H groups in total. The molecule has 0 unspecified atom stereocenters. The van der Waals surface area contributed by atoms with Gasteiger partial charge in [-0.05, 0) is 12.1 Å². The van der Waals surface area contributed by atoms with Gasteiger partial charge in [-0.25, -0.2) is 4.98 Å². The molecule has 0 bridgehead atoms. The summed E-state index contributed by atoms with van der Waals surface area (Å²) in [6.07, 6.45) is 1.61. The molecule has 0 fully saturated rings. The lowest BCUT2D eigenvalue weighted by Gasteiger charge is -2.17.